The van der Waals surface area contributed by atoms with E-state index >= 15 is 0 Å². The lowest BCUT2D eigenvalue weighted by Crippen LogP contribution is -2.42. The van der Waals surface area contributed by atoms with E-state index < -0.39 is 0 Å². The van der Waals surface area contributed by atoms with Gasteiger partial charge in [0.25, 0.3) is 0 Å². The molecule has 2 fully saturated rings. The Morgan fingerprint density at radius 2 is 1.80 bits per heavy atom. The second-order valence-corrected chi connectivity index (χ2v) is 6.24. The van der Waals surface area contributed by atoms with Crippen LogP contribution in [0.5, 0.6) is 0 Å². The summed E-state index contributed by atoms with van der Waals surface area (Å²) in [6.07, 6.45) is 7.66. The van der Waals surface area contributed by atoms with Crippen molar-refractivity contribution in [3.63, 3.8) is 0 Å². The molecule has 1 amide bonds. The summed E-state index contributed by atoms with van der Waals surface area (Å²) in [6.45, 7) is 4.23. The van der Waals surface area contributed by atoms with E-state index in [0.29, 0.717) is 38.6 Å². The minimum atomic E-state index is -0.0755. The van der Waals surface area contributed by atoms with E-state index in [9.17, 15) is 9.59 Å². The zero-order valence-electron chi connectivity index (χ0n) is 12.6. The van der Waals surface area contributed by atoms with Crippen LogP contribution in [0.25, 0.3) is 0 Å². The summed E-state index contributed by atoms with van der Waals surface area (Å²) >= 11 is 0. The highest BCUT2D eigenvalue weighted by Gasteiger charge is 2.26. The highest BCUT2D eigenvalue weighted by atomic mass is 16.5. The van der Waals surface area contributed by atoms with Crippen molar-refractivity contribution in [1.82, 2.24) is 4.90 Å². The van der Waals surface area contributed by atoms with Crippen molar-refractivity contribution in [3.05, 3.63) is 0 Å². The smallest absolute Gasteiger partial charge is 0.223 e. The normalized spacial score (nSPS) is 22.6. The zero-order chi connectivity index (χ0) is 14.4. The van der Waals surface area contributed by atoms with Crippen molar-refractivity contribution in [2.45, 2.75) is 51.9 Å². The Morgan fingerprint density at radius 1 is 1.15 bits per heavy atom. The molecule has 1 aliphatic carbocycles. The van der Waals surface area contributed by atoms with Crippen LogP contribution < -0.4 is 0 Å². The Labute approximate surface area is 121 Å². The third-order valence-electron chi connectivity index (χ3n) is 4.70. The lowest BCUT2D eigenvalue weighted by atomic mass is 9.80. The summed E-state index contributed by atoms with van der Waals surface area (Å²) in [7, 11) is 0. The molecule has 20 heavy (non-hydrogen) atoms. The van der Waals surface area contributed by atoms with Gasteiger partial charge >= 0.3 is 0 Å². The van der Waals surface area contributed by atoms with Crippen LogP contribution in [0.15, 0.2) is 0 Å². The Hall–Kier alpha value is -0.900. The van der Waals surface area contributed by atoms with E-state index in [1.165, 1.54) is 32.1 Å². The molecule has 114 valence electrons. The predicted octanol–water partition coefficient (Wildman–Crippen LogP) is 2.41. The molecule has 0 radical (unpaired) electrons. The van der Waals surface area contributed by atoms with Gasteiger partial charge in [-0.3, -0.25) is 9.59 Å². The van der Waals surface area contributed by atoms with Gasteiger partial charge in [0.2, 0.25) is 5.91 Å². The quantitative estimate of drug-likeness (QED) is 0.777. The van der Waals surface area contributed by atoms with E-state index in [1.54, 1.807) is 6.92 Å². The summed E-state index contributed by atoms with van der Waals surface area (Å²) < 4.78 is 5.26. The van der Waals surface area contributed by atoms with Crippen molar-refractivity contribution in [3.8, 4) is 0 Å². The molecule has 1 aliphatic heterocycles. The molecule has 0 aromatic heterocycles. The fourth-order valence-electron chi connectivity index (χ4n) is 3.37. The number of morpholine rings is 1. The van der Waals surface area contributed by atoms with Gasteiger partial charge in [-0.05, 0) is 19.3 Å². The highest BCUT2D eigenvalue weighted by molar-refractivity contribution is 5.85. The number of Topliss-reactive ketones (excluding diaryl/α,β-unsaturated/α-hetero) is 1. The average Bonchev–Trinajstić information content (AvgIpc) is 2.48. The van der Waals surface area contributed by atoms with Crippen LogP contribution in [0.4, 0.5) is 0 Å². The fraction of sp³-hybridized carbons (Fsp3) is 0.875. The Bertz CT molecular complexity index is 331. The standard InChI is InChI=1S/C16H27NO3/c1-13(18)15(11-14-5-3-2-4-6-14)12-16(19)17-7-9-20-10-8-17/h14-15H,2-12H2,1H3. The average molecular weight is 281 g/mol. The number of ketones is 1. The molecule has 2 aliphatic rings. The van der Waals surface area contributed by atoms with Gasteiger partial charge in [-0.25, -0.2) is 0 Å². The first-order valence-electron chi connectivity index (χ1n) is 8.03. The van der Waals surface area contributed by atoms with Gasteiger partial charge < -0.3 is 9.64 Å². The number of hydrogen-bond acceptors (Lipinski definition) is 3. The van der Waals surface area contributed by atoms with Gasteiger partial charge in [-0.15, -0.1) is 0 Å². The number of hydrogen-bond donors (Lipinski definition) is 0. The molecule has 0 aromatic carbocycles. The third-order valence-corrected chi connectivity index (χ3v) is 4.70. The summed E-state index contributed by atoms with van der Waals surface area (Å²) in [6, 6.07) is 0. The molecule has 1 saturated heterocycles. The van der Waals surface area contributed by atoms with Gasteiger partial charge in [-0.2, -0.15) is 0 Å². The molecule has 1 heterocycles. The van der Waals surface area contributed by atoms with Crippen LogP contribution in [-0.2, 0) is 14.3 Å². The second-order valence-electron chi connectivity index (χ2n) is 6.24. The van der Waals surface area contributed by atoms with Gasteiger partial charge in [0.05, 0.1) is 13.2 Å². The van der Waals surface area contributed by atoms with E-state index in [2.05, 4.69) is 0 Å². The van der Waals surface area contributed by atoms with Crippen molar-refractivity contribution < 1.29 is 14.3 Å². The maximum Gasteiger partial charge on any atom is 0.223 e. The number of amides is 1. The molecule has 0 aromatic rings. The van der Waals surface area contributed by atoms with Crippen molar-refractivity contribution in [1.29, 1.82) is 0 Å². The monoisotopic (exact) mass is 281 g/mol. The second kappa shape index (κ2) is 7.77. The van der Waals surface area contributed by atoms with E-state index in [-0.39, 0.29) is 17.6 Å². The number of nitrogens with zero attached hydrogens (tertiary/aromatic N) is 1. The molecule has 1 unspecified atom stereocenters. The Kier molecular flexibility index (Phi) is 6.02. The first-order chi connectivity index (χ1) is 9.66. The zero-order valence-corrected chi connectivity index (χ0v) is 12.6. The topological polar surface area (TPSA) is 46.6 Å². The van der Waals surface area contributed by atoms with Crippen molar-refractivity contribution in [2.24, 2.45) is 11.8 Å². The maximum atomic E-state index is 12.3. The van der Waals surface area contributed by atoms with Crippen LogP contribution in [0.2, 0.25) is 0 Å². The Balaban J connectivity index is 1.84. The van der Waals surface area contributed by atoms with Gasteiger partial charge in [0.15, 0.2) is 0 Å². The molecule has 0 N–H and O–H groups in total. The Morgan fingerprint density at radius 3 is 2.40 bits per heavy atom. The molecule has 4 nitrogen and oxygen atoms in total. The lowest BCUT2D eigenvalue weighted by molar-refractivity contribution is -0.138. The van der Waals surface area contributed by atoms with Crippen LogP contribution >= 0.6 is 0 Å². The molecule has 4 heteroatoms. The molecule has 1 atom stereocenters. The van der Waals surface area contributed by atoms with Crippen LogP contribution in [-0.4, -0.2) is 42.9 Å². The largest absolute Gasteiger partial charge is 0.378 e. The first-order valence-corrected chi connectivity index (χ1v) is 8.03. The minimum absolute atomic E-state index is 0.0755. The fourth-order valence-corrected chi connectivity index (χ4v) is 3.37. The predicted molar refractivity (Wildman–Crippen MR) is 77.4 cm³/mol. The molecule has 0 bridgehead atoms. The van der Waals surface area contributed by atoms with E-state index in [1.807, 2.05) is 4.90 Å². The molecule has 0 spiro atoms. The number of carbonyl (C=O) groups excluding carboxylic acids is 2. The molecular weight excluding hydrogens is 254 g/mol. The third kappa shape index (κ3) is 4.58. The summed E-state index contributed by atoms with van der Waals surface area (Å²) in [5, 5.41) is 0. The van der Waals surface area contributed by atoms with Gasteiger partial charge in [-0.1, -0.05) is 32.1 Å². The molecule has 1 saturated carbocycles. The van der Waals surface area contributed by atoms with Gasteiger partial charge in [0.1, 0.15) is 5.78 Å². The van der Waals surface area contributed by atoms with E-state index in [4.69, 9.17) is 4.74 Å². The lowest BCUT2D eigenvalue weighted by Gasteiger charge is -2.29. The van der Waals surface area contributed by atoms with Crippen LogP contribution in [0, 0.1) is 11.8 Å². The molecule has 2 rings (SSSR count). The number of rotatable bonds is 5. The van der Waals surface area contributed by atoms with Crippen LogP contribution in [0.1, 0.15) is 51.9 Å². The minimum Gasteiger partial charge on any atom is -0.378 e. The number of ether oxygens (including phenoxy) is 1. The maximum absolute atomic E-state index is 12.3. The van der Waals surface area contributed by atoms with Crippen molar-refractivity contribution in [2.75, 3.05) is 26.3 Å². The summed E-state index contributed by atoms with van der Waals surface area (Å²) in [5.74, 6) is 0.880. The van der Waals surface area contributed by atoms with E-state index in [0.717, 1.165) is 6.42 Å². The summed E-state index contributed by atoms with van der Waals surface area (Å²) in [4.78, 5) is 26.0. The SMILES string of the molecule is CC(=O)C(CC(=O)N1CCOCC1)CC1CCCCC1. The molecular formula is C16H27NO3. The highest BCUT2D eigenvalue weighted by Crippen LogP contribution is 2.30. The van der Waals surface area contributed by atoms with Crippen LogP contribution in [0.3, 0.4) is 0 Å². The first kappa shape index (κ1) is 15.5. The summed E-state index contributed by atoms with van der Waals surface area (Å²) in [5.41, 5.74) is 0. The van der Waals surface area contributed by atoms with Crippen molar-refractivity contribution >= 4 is 11.7 Å². The number of carbonyl (C=O) groups is 2. The van der Waals surface area contributed by atoms with Gasteiger partial charge in [0, 0.05) is 25.4 Å².